The maximum Gasteiger partial charge on any atom is 0.387 e. The van der Waals surface area contributed by atoms with Crippen LogP contribution in [0, 0.1) is 6.92 Å². The van der Waals surface area contributed by atoms with Gasteiger partial charge in [0.25, 0.3) is 0 Å². The van der Waals surface area contributed by atoms with Crippen LogP contribution in [0.2, 0.25) is 0 Å². The molecule has 0 saturated heterocycles. The Bertz CT molecular complexity index is 1120. The molecule has 0 bridgehead atoms. The summed E-state index contributed by atoms with van der Waals surface area (Å²) in [6.07, 6.45) is 6.79. The van der Waals surface area contributed by atoms with Gasteiger partial charge in [0.15, 0.2) is 5.65 Å². The van der Waals surface area contributed by atoms with Gasteiger partial charge in [0.2, 0.25) is 5.91 Å². The minimum atomic E-state index is -2.88. The van der Waals surface area contributed by atoms with Crippen LogP contribution in [0.4, 0.5) is 8.78 Å². The van der Waals surface area contributed by atoms with E-state index in [9.17, 15) is 13.6 Å². The Morgan fingerprint density at radius 2 is 2.10 bits per heavy atom. The van der Waals surface area contributed by atoms with Gasteiger partial charge in [0.05, 0.1) is 23.3 Å². The predicted octanol–water partition coefficient (Wildman–Crippen LogP) is 3.87. The van der Waals surface area contributed by atoms with E-state index in [2.05, 4.69) is 14.7 Å². The number of carbonyl (C=O) groups excluding carboxylic acids is 1. The zero-order valence-corrected chi connectivity index (χ0v) is 16.8. The van der Waals surface area contributed by atoms with Crippen LogP contribution in [-0.4, -0.2) is 44.9 Å². The van der Waals surface area contributed by atoms with Crippen molar-refractivity contribution < 1.29 is 18.3 Å². The molecule has 0 saturated carbocycles. The Labute approximate surface area is 172 Å². The summed E-state index contributed by atoms with van der Waals surface area (Å²) in [5.74, 6) is 0.223. The number of amides is 1. The smallest absolute Gasteiger partial charge is 0.387 e. The average Bonchev–Trinajstić information content (AvgIpc) is 3.03. The van der Waals surface area contributed by atoms with Crippen LogP contribution in [0.25, 0.3) is 11.2 Å². The van der Waals surface area contributed by atoms with E-state index in [0.29, 0.717) is 30.7 Å². The molecule has 156 valence electrons. The summed E-state index contributed by atoms with van der Waals surface area (Å²) in [5, 5.41) is 0. The van der Waals surface area contributed by atoms with Crippen molar-refractivity contribution in [3.8, 4) is 5.75 Å². The van der Waals surface area contributed by atoms with Gasteiger partial charge in [-0.1, -0.05) is 24.3 Å². The lowest BCUT2D eigenvalue weighted by molar-refractivity contribution is -0.128. The molecule has 4 rings (SSSR count). The van der Waals surface area contributed by atoms with Crippen molar-refractivity contribution in [2.45, 2.75) is 33.3 Å². The number of imidazole rings is 1. The standard InChI is InChI=1S/C22H22F2N4O2/c1-14-19(11-17-5-3-4-6-20(17)30-22(23)24)28-13-18(25-12-21(28)26-14)16-7-9-27(10-8-16)15(2)29/h3-7,12-13,22H,8-11H2,1-2H3. The van der Waals surface area contributed by atoms with Crippen molar-refractivity contribution in [2.75, 3.05) is 13.1 Å². The molecular weight excluding hydrogens is 390 g/mol. The highest BCUT2D eigenvalue weighted by molar-refractivity contribution is 5.75. The average molecular weight is 412 g/mol. The van der Waals surface area contributed by atoms with E-state index >= 15 is 0 Å². The molecular formula is C22H22F2N4O2. The molecule has 30 heavy (non-hydrogen) atoms. The van der Waals surface area contributed by atoms with E-state index in [1.165, 1.54) is 0 Å². The van der Waals surface area contributed by atoms with Gasteiger partial charge < -0.3 is 14.0 Å². The number of para-hydroxylation sites is 1. The molecule has 0 aliphatic carbocycles. The molecule has 0 atom stereocenters. The van der Waals surface area contributed by atoms with Gasteiger partial charge in [-0.2, -0.15) is 8.78 Å². The molecule has 0 radical (unpaired) electrons. The van der Waals surface area contributed by atoms with Crippen LogP contribution in [0.3, 0.4) is 0 Å². The van der Waals surface area contributed by atoms with Crippen LogP contribution >= 0.6 is 0 Å². The molecule has 3 aromatic rings. The van der Waals surface area contributed by atoms with E-state index in [4.69, 9.17) is 0 Å². The summed E-state index contributed by atoms with van der Waals surface area (Å²) in [7, 11) is 0. The lowest BCUT2D eigenvalue weighted by Crippen LogP contribution is -2.32. The first kappa shape index (κ1) is 20.0. The number of aromatic nitrogens is 3. The minimum Gasteiger partial charge on any atom is -0.435 e. The second-order valence-electron chi connectivity index (χ2n) is 7.25. The number of rotatable bonds is 5. The molecule has 0 unspecified atom stereocenters. The quantitative estimate of drug-likeness (QED) is 0.639. The Balaban J connectivity index is 1.68. The molecule has 1 aliphatic heterocycles. The van der Waals surface area contributed by atoms with Crippen molar-refractivity contribution >= 4 is 17.1 Å². The molecule has 0 spiro atoms. The van der Waals surface area contributed by atoms with E-state index in [-0.39, 0.29) is 11.7 Å². The van der Waals surface area contributed by atoms with E-state index in [1.807, 2.05) is 23.6 Å². The van der Waals surface area contributed by atoms with Crippen LogP contribution in [-0.2, 0) is 11.2 Å². The highest BCUT2D eigenvalue weighted by atomic mass is 19.3. The number of halogens is 2. The van der Waals surface area contributed by atoms with E-state index < -0.39 is 6.61 Å². The molecule has 0 fully saturated rings. The third-order valence-electron chi connectivity index (χ3n) is 5.34. The SMILES string of the molecule is CC(=O)N1CC=C(c2cn3c(Cc4ccccc4OC(F)F)c(C)nc3cn2)CC1. The van der Waals surface area contributed by atoms with Crippen LogP contribution < -0.4 is 4.74 Å². The van der Waals surface area contributed by atoms with E-state index in [1.54, 1.807) is 42.3 Å². The fourth-order valence-electron chi connectivity index (χ4n) is 3.73. The zero-order chi connectivity index (χ0) is 21.3. The third kappa shape index (κ3) is 4.03. The summed E-state index contributed by atoms with van der Waals surface area (Å²) in [4.78, 5) is 22.4. The highest BCUT2D eigenvalue weighted by Gasteiger charge is 2.18. The summed E-state index contributed by atoms with van der Waals surface area (Å²) in [6, 6.07) is 6.79. The normalized spacial score (nSPS) is 14.3. The lowest BCUT2D eigenvalue weighted by Gasteiger charge is -2.25. The number of hydrogen-bond donors (Lipinski definition) is 0. The maximum atomic E-state index is 12.8. The second kappa shape index (κ2) is 8.22. The highest BCUT2D eigenvalue weighted by Crippen LogP contribution is 2.26. The molecule has 3 heterocycles. The first-order valence-electron chi connectivity index (χ1n) is 9.73. The van der Waals surface area contributed by atoms with Gasteiger partial charge in [0, 0.05) is 38.2 Å². The minimum absolute atomic E-state index is 0.0610. The Morgan fingerprint density at radius 1 is 1.30 bits per heavy atom. The fraction of sp³-hybridized carbons (Fsp3) is 0.318. The predicted molar refractivity (Wildman–Crippen MR) is 108 cm³/mol. The summed E-state index contributed by atoms with van der Waals surface area (Å²) >= 11 is 0. The van der Waals surface area contributed by atoms with Crippen molar-refractivity contribution in [3.05, 3.63) is 65.4 Å². The first-order valence-corrected chi connectivity index (χ1v) is 9.73. The molecule has 8 heteroatoms. The Hall–Kier alpha value is -3.29. The third-order valence-corrected chi connectivity index (χ3v) is 5.34. The van der Waals surface area contributed by atoms with Crippen LogP contribution in [0.1, 0.15) is 36.0 Å². The first-order chi connectivity index (χ1) is 14.4. The summed E-state index contributed by atoms with van der Waals surface area (Å²) in [5.41, 5.74) is 4.95. The fourth-order valence-corrected chi connectivity index (χ4v) is 3.73. The number of alkyl halides is 2. The molecule has 1 amide bonds. The molecule has 1 aromatic carbocycles. The van der Waals surface area contributed by atoms with Crippen molar-refractivity contribution in [1.82, 2.24) is 19.3 Å². The van der Waals surface area contributed by atoms with E-state index in [0.717, 1.165) is 29.1 Å². The number of carbonyl (C=O) groups is 1. The van der Waals surface area contributed by atoms with Crippen molar-refractivity contribution in [1.29, 1.82) is 0 Å². The molecule has 0 N–H and O–H groups in total. The monoisotopic (exact) mass is 412 g/mol. The van der Waals surface area contributed by atoms with Gasteiger partial charge in [-0.25, -0.2) is 4.98 Å². The molecule has 6 nitrogen and oxygen atoms in total. The van der Waals surface area contributed by atoms with Crippen molar-refractivity contribution in [3.63, 3.8) is 0 Å². The Morgan fingerprint density at radius 3 is 2.80 bits per heavy atom. The molecule has 1 aliphatic rings. The van der Waals surface area contributed by atoms with Crippen LogP contribution in [0.15, 0.2) is 42.7 Å². The lowest BCUT2D eigenvalue weighted by atomic mass is 10.0. The number of ether oxygens (including phenoxy) is 1. The maximum absolute atomic E-state index is 12.8. The van der Waals surface area contributed by atoms with Gasteiger partial charge in [-0.05, 0) is 25.0 Å². The summed E-state index contributed by atoms with van der Waals surface area (Å²) in [6.45, 7) is 1.81. The van der Waals surface area contributed by atoms with Gasteiger partial charge in [-0.3, -0.25) is 9.78 Å². The van der Waals surface area contributed by atoms with Gasteiger partial charge in [0.1, 0.15) is 5.75 Å². The largest absolute Gasteiger partial charge is 0.435 e. The molecule has 2 aromatic heterocycles. The number of fused-ring (bicyclic) bond motifs is 1. The Kier molecular flexibility index (Phi) is 5.48. The van der Waals surface area contributed by atoms with Crippen LogP contribution in [0.5, 0.6) is 5.75 Å². The van der Waals surface area contributed by atoms with Gasteiger partial charge >= 0.3 is 6.61 Å². The number of benzene rings is 1. The van der Waals surface area contributed by atoms with Crippen molar-refractivity contribution in [2.24, 2.45) is 0 Å². The topological polar surface area (TPSA) is 59.7 Å². The number of hydrogen-bond acceptors (Lipinski definition) is 4. The zero-order valence-electron chi connectivity index (χ0n) is 16.8. The summed E-state index contributed by atoms with van der Waals surface area (Å²) < 4.78 is 32.2. The number of nitrogens with zero attached hydrogens (tertiary/aromatic N) is 4. The number of aryl methyl sites for hydroxylation is 1. The van der Waals surface area contributed by atoms with Gasteiger partial charge in [-0.15, -0.1) is 0 Å². The second-order valence-corrected chi connectivity index (χ2v) is 7.25.